The summed E-state index contributed by atoms with van der Waals surface area (Å²) in [5.74, 6) is 2.87. The van der Waals surface area contributed by atoms with Crippen LogP contribution in [0.1, 0.15) is 69.9 Å². The van der Waals surface area contributed by atoms with E-state index in [1.54, 1.807) is 0 Å². The third-order valence-electron chi connectivity index (χ3n) is 10.4. The smallest absolute Gasteiger partial charge is 0.163 e. The molecule has 5 nitrogen and oxygen atoms in total. The Morgan fingerprint density at radius 2 is 1.33 bits per heavy atom. The molecule has 1 radical (unpaired) electrons. The summed E-state index contributed by atoms with van der Waals surface area (Å²) in [5, 5.41) is 0. The van der Waals surface area contributed by atoms with E-state index in [-0.39, 0.29) is 36.4 Å². The Morgan fingerprint density at radius 1 is 0.711 bits per heavy atom. The Hall–Kier alpha value is -3.73. The van der Waals surface area contributed by atoms with Crippen molar-refractivity contribution in [1.29, 1.82) is 0 Å². The van der Waals surface area contributed by atoms with Gasteiger partial charge in [-0.2, -0.15) is 0 Å². The summed E-state index contributed by atoms with van der Waals surface area (Å²) in [6.07, 6.45) is 2.75. The van der Waals surface area contributed by atoms with E-state index in [1.807, 2.05) is 38.2 Å². The fourth-order valence-corrected chi connectivity index (χ4v) is 6.51. The number of nitrogens with zero attached hydrogens (tertiary/aromatic N) is 4. The molecule has 233 valence electrons. The van der Waals surface area contributed by atoms with Crippen LogP contribution in [0.25, 0.3) is 33.8 Å². The molecule has 0 saturated carbocycles. The van der Waals surface area contributed by atoms with Gasteiger partial charge in [0.15, 0.2) is 5.82 Å². The van der Waals surface area contributed by atoms with Gasteiger partial charge in [-0.05, 0) is 47.3 Å². The maximum Gasteiger partial charge on any atom is 0.163 e. The molecule has 5 aromatic rings. The SMILES string of the molecule is Cc1nc(C)nc(-c2ccc(-c3cnc(-c4[c-]cc5c(c4)C(C)(C)C(C)(C)C5(C)C)c(OCCc4ccccc4)c3)cc2)n1.[Ir]. The van der Waals surface area contributed by atoms with Crippen molar-refractivity contribution >= 4 is 0 Å². The minimum absolute atomic E-state index is 0. The molecule has 2 aromatic heterocycles. The Morgan fingerprint density at radius 3 is 2.00 bits per heavy atom. The maximum absolute atomic E-state index is 6.52. The van der Waals surface area contributed by atoms with Gasteiger partial charge in [0.2, 0.25) is 0 Å². The number of fused-ring (bicyclic) bond motifs is 1. The molecule has 0 amide bonds. The molecule has 6 heteroatoms. The topological polar surface area (TPSA) is 60.8 Å². The van der Waals surface area contributed by atoms with E-state index in [0.29, 0.717) is 24.1 Å². The van der Waals surface area contributed by atoms with Crippen molar-refractivity contribution in [3.63, 3.8) is 0 Å². The molecule has 0 saturated heterocycles. The predicted octanol–water partition coefficient (Wildman–Crippen LogP) is 8.90. The fourth-order valence-electron chi connectivity index (χ4n) is 6.51. The number of benzene rings is 3. The van der Waals surface area contributed by atoms with Gasteiger partial charge in [0.1, 0.15) is 17.4 Å². The van der Waals surface area contributed by atoms with Crippen LogP contribution in [-0.4, -0.2) is 26.5 Å². The zero-order chi connectivity index (χ0) is 31.3. The summed E-state index contributed by atoms with van der Waals surface area (Å²) in [6, 6.07) is 28.9. The van der Waals surface area contributed by atoms with E-state index in [2.05, 4.69) is 117 Å². The van der Waals surface area contributed by atoms with Crippen molar-refractivity contribution in [3.05, 3.63) is 113 Å². The third kappa shape index (κ3) is 5.87. The maximum atomic E-state index is 6.52. The fraction of sp³-hybridized carbons (Fsp3) is 0.333. The van der Waals surface area contributed by atoms with Crippen LogP contribution >= 0.6 is 0 Å². The molecule has 1 aliphatic rings. The van der Waals surface area contributed by atoms with Crippen LogP contribution in [0.15, 0.2) is 79.0 Å². The molecular weight excluding hydrogens is 733 g/mol. The largest absolute Gasteiger partial charge is 0.501 e. The Bertz CT molecular complexity index is 1810. The van der Waals surface area contributed by atoms with Crippen molar-refractivity contribution in [1.82, 2.24) is 19.9 Å². The molecule has 2 heterocycles. The predicted molar refractivity (Wildman–Crippen MR) is 178 cm³/mol. The van der Waals surface area contributed by atoms with E-state index in [9.17, 15) is 0 Å². The van der Waals surface area contributed by atoms with Gasteiger partial charge in [-0.15, -0.1) is 34.9 Å². The quantitative estimate of drug-likeness (QED) is 0.155. The zero-order valence-corrected chi connectivity index (χ0v) is 29.8. The second-order valence-corrected chi connectivity index (χ2v) is 13.5. The van der Waals surface area contributed by atoms with E-state index in [1.165, 1.54) is 16.7 Å². The minimum atomic E-state index is -0.0126. The normalized spacial score (nSPS) is 15.6. The first-order valence-corrected chi connectivity index (χ1v) is 15.4. The van der Waals surface area contributed by atoms with E-state index < -0.39 is 0 Å². The second-order valence-electron chi connectivity index (χ2n) is 13.5. The Kier molecular flexibility index (Phi) is 8.87. The molecule has 6 rings (SSSR count). The van der Waals surface area contributed by atoms with Crippen molar-refractivity contribution in [2.24, 2.45) is 5.41 Å². The monoisotopic (exact) mass is 774 g/mol. The third-order valence-corrected chi connectivity index (χ3v) is 10.4. The number of rotatable bonds is 7. The standard InChI is InChI=1S/C39H41N4O.Ir/c1-25-41-26(2)43-36(42-25)29-16-14-28(15-17-29)31-23-34(44-21-20-27-12-10-9-11-13-27)35(40-24-31)30-18-19-32-33(22-30)38(5,6)39(7,8)37(32,3)4;/h9-17,19,22-24H,20-21H2,1-8H3;/q-1;. The molecule has 0 unspecified atom stereocenters. The molecule has 0 atom stereocenters. The van der Waals surface area contributed by atoms with E-state index in [0.717, 1.165) is 40.1 Å². The average Bonchev–Trinajstić information content (AvgIpc) is 3.10. The van der Waals surface area contributed by atoms with Crippen LogP contribution in [0.2, 0.25) is 0 Å². The molecule has 3 aromatic carbocycles. The summed E-state index contributed by atoms with van der Waals surface area (Å²) in [6.45, 7) is 18.5. The van der Waals surface area contributed by atoms with Gasteiger partial charge in [-0.1, -0.05) is 96.1 Å². The molecule has 0 N–H and O–H groups in total. The van der Waals surface area contributed by atoms with Gasteiger partial charge < -0.3 is 9.72 Å². The summed E-state index contributed by atoms with van der Waals surface area (Å²) in [5.41, 5.74) is 8.82. The van der Waals surface area contributed by atoms with Crippen LogP contribution < -0.4 is 4.74 Å². The first-order valence-electron chi connectivity index (χ1n) is 15.4. The Balaban J connectivity index is 0.00000400. The first kappa shape index (κ1) is 32.7. The van der Waals surface area contributed by atoms with Gasteiger partial charge in [0.25, 0.3) is 0 Å². The number of pyridine rings is 1. The number of hydrogen-bond acceptors (Lipinski definition) is 5. The molecular formula is C39H41IrN4O-. The molecule has 45 heavy (non-hydrogen) atoms. The molecule has 0 fully saturated rings. The van der Waals surface area contributed by atoms with Crippen molar-refractivity contribution in [2.75, 3.05) is 6.61 Å². The molecule has 0 spiro atoms. The van der Waals surface area contributed by atoms with Gasteiger partial charge in [-0.3, -0.25) is 0 Å². The average molecular weight is 774 g/mol. The van der Waals surface area contributed by atoms with Gasteiger partial charge in [0.05, 0.1) is 6.61 Å². The summed E-state index contributed by atoms with van der Waals surface area (Å²) in [4.78, 5) is 18.4. The zero-order valence-electron chi connectivity index (χ0n) is 27.5. The van der Waals surface area contributed by atoms with Crippen LogP contribution in [0.5, 0.6) is 5.75 Å². The van der Waals surface area contributed by atoms with Gasteiger partial charge >= 0.3 is 0 Å². The van der Waals surface area contributed by atoms with Crippen molar-refractivity contribution in [2.45, 2.75) is 72.6 Å². The summed E-state index contributed by atoms with van der Waals surface area (Å²) < 4.78 is 6.52. The van der Waals surface area contributed by atoms with Crippen molar-refractivity contribution < 1.29 is 24.8 Å². The van der Waals surface area contributed by atoms with Gasteiger partial charge in [-0.25, -0.2) is 15.0 Å². The first-order chi connectivity index (χ1) is 20.9. The molecule has 0 bridgehead atoms. The summed E-state index contributed by atoms with van der Waals surface area (Å²) in [7, 11) is 0. The molecule has 1 aliphatic carbocycles. The minimum Gasteiger partial charge on any atom is -0.501 e. The number of hydrogen-bond donors (Lipinski definition) is 0. The molecule has 0 aliphatic heterocycles. The van der Waals surface area contributed by atoms with Crippen LogP contribution in [0.4, 0.5) is 0 Å². The van der Waals surface area contributed by atoms with E-state index >= 15 is 0 Å². The summed E-state index contributed by atoms with van der Waals surface area (Å²) >= 11 is 0. The van der Waals surface area contributed by atoms with Crippen molar-refractivity contribution in [3.8, 4) is 39.5 Å². The van der Waals surface area contributed by atoms with Gasteiger partial charge in [0, 0.05) is 49.5 Å². The second kappa shape index (κ2) is 12.2. The van der Waals surface area contributed by atoms with Crippen LogP contribution in [0, 0.1) is 25.3 Å². The number of aryl methyl sites for hydroxylation is 2. The van der Waals surface area contributed by atoms with E-state index in [4.69, 9.17) is 9.72 Å². The Labute approximate surface area is 281 Å². The van der Waals surface area contributed by atoms with Crippen LogP contribution in [-0.2, 0) is 37.4 Å². The number of aromatic nitrogens is 4. The number of ether oxygens (including phenoxy) is 1. The van der Waals surface area contributed by atoms with Crippen LogP contribution in [0.3, 0.4) is 0 Å².